The average Bonchev–Trinajstić information content (AvgIpc) is 3.08. The maximum Gasteiger partial charge on any atom is 0.266 e. The zero-order chi connectivity index (χ0) is 15.2. The lowest BCUT2D eigenvalue weighted by Crippen LogP contribution is -2.15. The van der Waals surface area contributed by atoms with Crippen molar-refractivity contribution in [3.63, 3.8) is 0 Å². The molecule has 2 heterocycles. The quantitative estimate of drug-likeness (QED) is 0.853. The number of nitrogens with zero attached hydrogens (tertiary/aromatic N) is 2. The van der Waals surface area contributed by atoms with Crippen LogP contribution in [0.4, 0.5) is 5.82 Å². The highest BCUT2D eigenvalue weighted by Gasteiger charge is 2.12. The van der Waals surface area contributed by atoms with Crippen molar-refractivity contribution in [3.8, 4) is 11.8 Å². The fourth-order valence-electron chi connectivity index (χ4n) is 1.74. The molecule has 0 spiro atoms. The van der Waals surface area contributed by atoms with Crippen molar-refractivity contribution in [2.75, 3.05) is 11.9 Å². The fraction of sp³-hybridized carbons (Fsp3) is 0.333. The summed E-state index contributed by atoms with van der Waals surface area (Å²) in [5, 5.41) is 15.7. The molecule has 0 saturated carbocycles. The molecule has 0 atom stereocenters. The molecular weight excluding hydrogens is 286 g/mol. The molecule has 2 N–H and O–H groups in total. The number of aliphatic hydroxyl groups is 1. The summed E-state index contributed by atoms with van der Waals surface area (Å²) in [6.07, 6.45) is 2.10. The molecule has 110 valence electrons. The summed E-state index contributed by atoms with van der Waals surface area (Å²) in [6, 6.07) is 5.51. The molecule has 6 heteroatoms. The van der Waals surface area contributed by atoms with Crippen molar-refractivity contribution in [2.24, 2.45) is 0 Å². The van der Waals surface area contributed by atoms with Crippen LogP contribution < -0.4 is 5.32 Å². The normalized spacial score (nSPS) is 10.3. The van der Waals surface area contributed by atoms with Gasteiger partial charge in [0.15, 0.2) is 0 Å². The maximum atomic E-state index is 12.2. The lowest BCUT2D eigenvalue weighted by atomic mass is 10.3. The lowest BCUT2D eigenvalue weighted by Gasteiger charge is -2.11. The molecular formula is C15H17N3O2S. The van der Waals surface area contributed by atoms with Crippen LogP contribution in [-0.4, -0.2) is 27.4 Å². The summed E-state index contributed by atoms with van der Waals surface area (Å²) >= 11 is 1.33. The van der Waals surface area contributed by atoms with Gasteiger partial charge in [-0.2, -0.15) is 5.10 Å². The zero-order valence-corrected chi connectivity index (χ0v) is 12.8. The minimum atomic E-state index is -0.169. The van der Waals surface area contributed by atoms with E-state index in [9.17, 15) is 4.79 Å². The first-order valence-corrected chi connectivity index (χ1v) is 7.48. The monoisotopic (exact) mass is 303 g/mol. The standard InChI is InChI=1S/C15H17N3O2S/c1-11(2)18-14(8-9-16-18)17-15(20)13-7-6-12(21-13)5-3-4-10-19/h6-9,11,19H,4,10H2,1-2H3,(H,17,20). The Morgan fingerprint density at radius 2 is 2.29 bits per heavy atom. The van der Waals surface area contributed by atoms with Gasteiger partial charge in [-0.3, -0.25) is 4.79 Å². The van der Waals surface area contributed by atoms with Gasteiger partial charge in [0.25, 0.3) is 5.91 Å². The molecule has 0 bridgehead atoms. The summed E-state index contributed by atoms with van der Waals surface area (Å²) in [4.78, 5) is 13.6. The second-order valence-corrected chi connectivity index (χ2v) is 5.73. The van der Waals surface area contributed by atoms with E-state index in [1.807, 2.05) is 19.9 Å². The van der Waals surface area contributed by atoms with E-state index in [2.05, 4.69) is 22.3 Å². The van der Waals surface area contributed by atoms with Gasteiger partial charge in [0.05, 0.1) is 22.6 Å². The van der Waals surface area contributed by atoms with E-state index >= 15 is 0 Å². The highest BCUT2D eigenvalue weighted by Crippen LogP contribution is 2.19. The number of nitrogens with one attached hydrogen (secondary N) is 1. The Balaban J connectivity index is 2.07. The Labute approximate surface area is 127 Å². The highest BCUT2D eigenvalue weighted by atomic mass is 32.1. The Hall–Kier alpha value is -2.10. The molecule has 5 nitrogen and oxygen atoms in total. The van der Waals surface area contributed by atoms with Gasteiger partial charge in [-0.15, -0.1) is 11.3 Å². The first-order chi connectivity index (χ1) is 10.1. The van der Waals surface area contributed by atoms with Gasteiger partial charge in [0.1, 0.15) is 5.82 Å². The molecule has 2 aromatic heterocycles. The summed E-state index contributed by atoms with van der Waals surface area (Å²) in [7, 11) is 0. The second-order valence-electron chi connectivity index (χ2n) is 4.65. The second kappa shape index (κ2) is 7.07. The van der Waals surface area contributed by atoms with E-state index in [0.717, 1.165) is 4.88 Å². The molecule has 0 aliphatic rings. The van der Waals surface area contributed by atoms with Gasteiger partial charge >= 0.3 is 0 Å². The van der Waals surface area contributed by atoms with E-state index in [1.54, 1.807) is 23.0 Å². The summed E-state index contributed by atoms with van der Waals surface area (Å²) in [5.74, 6) is 6.27. The number of carbonyl (C=O) groups is 1. The first kappa shape index (κ1) is 15.3. The van der Waals surface area contributed by atoms with Crippen molar-refractivity contribution in [2.45, 2.75) is 26.3 Å². The topological polar surface area (TPSA) is 67.2 Å². The number of carbonyl (C=O) groups excluding carboxylic acids is 1. The van der Waals surface area contributed by atoms with Gasteiger partial charge < -0.3 is 10.4 Å². The van der Waals surface area contributed by atoms with Crippen LogP contribution in [-0.2, 0) is 0 Å². The van der Waals surface area contributed by atoms with E-state index in [0.29, 0.717) is 17.1 Å². The van der Waals surface area contributed by atoms with Crippen LogP contribution in [0.25, 0.3) is 0 Å². The summed E-state index contributed by atoms with van der Waals surface area (Å²) < 4.78 is 1.76. The van der Waals surface area contributed by atoms with Crippen molar-refractivity contribution in [1.29, 1.82) is 0 Å². The van der Waals surface area contributed by atoms with Gasteiger partial charge in [0, 0.05) is 18.5 Å². The number of anilines is 1. The Bertz CT molecular complexity index is 676. The number of amides is 1. The molecule has 0 aliphatic carbocycles. The van der Waals surface area contributed by atoms with Crippen LogP contribution in [0.15, 0.2) is 24.4 Å². The third-order valence-electron chi connectivity index (χ3n) is 2.68. The summed E-state index contributed by atoms with van der Waals surface area (Å²) in [6.45, 7) is 4.05. The molecule has 0 saturated heterocycles. The largest absolute Gasteiger partial charge is 0.395 e. The fourth-order valence-corrected chi connectivity index (χ4v) is 2.51. The maximum absolute atomic E-state index is 12.2. The Kier molecular flexibility index (Phi) is 5.14. The van der Waals surface area contributed by atoms with Crippen LogP contribution in [0.3, 0.4) is 0 Å². The first-order valence-electron chi connectivity index (χ1n) is 6.66. The predicted molar refractivity (Wildman–Crippen MR) is 83.5 cm³/mol. The molecule has 0 aromatic carbocycles. The molecule has 21 heavy (non-hydrogen) atoms. The minimum Gasteiger partial charge on any atom is -0.395 e. The number of aromatic nitrogens is 2. The third-order valence-corrected chi connectivity index (χ3v) is 3.68. The van der Waals surface area contributed by atoms with Gasteiger partial charge in [-0.1, -0.05) is 11.8 Å². The van der Waals surface area contributed by atoms with Crippen LogP contribution in [0, 0.1) is 11.8 Å². The average molecular weight is 303 g/mol. The van der Waals surface area contributed by atoms with E-state index in [-0.39, 0.29) is 18.6 Å². The smallest absolute Gasteiger partial charge is 0.266 e. The number of rotatable bonds is 4. The summed E-state index contributed by atoms with van der Waals surface area (Å²) in [5.41, 5.74) is 0. The third kappa shape index (κ3) is 3.94. The van der Waals surface area contributed by atoms with Crippen LogP contribution in [0.1, 0.15) is 40.9 Å². The van der Waals surface area contributed by atoms with Crippen molar-refractivity contribution < 1.29 is 9.90 Å². The van der Waals surface area contributed by atoms with E-state index < -0.39 is 0 Å². The minimum absolute atomic E-state index is 0.0465. The van der Waals surface area contributed by atoms with Crippen LogP contribution in [0.2, 0.25) is 0 Å². The number of hydrogen-bond acceptors (Lipinski definition) is 4. The van der Waals surface area contributed by atoms with Crippen LogP contribution in [0.5, 0.6) is 0 Å². The number of thiophene rings is 1. The molecule has 0 fully saturated rings. The molecule has 1 amide bonds. The van der Waals surface area contributed by atoms with Gasteiger partial charge in [-0.05, 0) is 26.0 Å². The van der Waals surface area contributed by atoms with Crippen molar-refractivity contribution >= 4 is 23.1 Å². The molecule has 0 aliphatic heterocycles. The highest BCUT2D eigenvalue weighted by molar-refractivity contribution is 7.14. The zero-order valence-electron chi connectivity index (χ0n) is 12.0. The van der Waals surface area contributed by atoms with E-state index in [4.69, 9.17) is 5.11 Å². The number of aliphatic hydroxyl groups excluding tert-OH is 1. The molecule has 0 radical (unpaired) electrons. The molecule has 2 aromatic rings. The van der Waals surface area contributed by atoms with E-state index in [1.165, 1.54) is 11.3 Å². The van der Waals surface area contributed by atoms with Crippen molar-refractivity contribution in [1.82, 2.24) is 9.78 Å². The SMILES string of the molecule is CC(C)n1nccc1NC(=O)c1ccc(C#CCCO)s1. The predicted octanol–water partition coefficient (Wildman–Crippen LogP) is 2.51. The lowest BCUT2D eigenvalue weighted by molar-refractivity contribution is 0.102. The Morgan fingerprint density at radius 3 is 3.00 bits per heavy atom. The Morgan fingerprint density at radius 1 is 1.48 bits per heavy atom. The number of hydrogen-bond donors (Lipinski definition) is 2. The van der Waals surface area contributed by atoms with Crippen LogP contribution >= 0.6 is 11.3 Å². The van der Waals surface area contributed by atoms with Crippen molar-refractivity contribution in [3.05, 3.63) is 34.2 Å². The van der Waals surface area contributed by atoms with Gasteiger partial charge in [-0.25, -0.2) is 4.68 Å². The molecule has 0 unspecified atom stereocenters. The van der Waals surface area contributed by atoms with Gasteiger partial charge in [0.2, 0.25) is 0 Å². The molecule has 2 rings (SSSR count).